The maximum atomic E-state index is 4.32. The number of aromatic nitrogens is 2. The fourth-order valence-corrected chi connectivity index (χ4v) is 2.50. The van der Waals surface area contributed by atoms with E-state index < -0.39 is 0 Å². The standard InChI is InChI=1S/C12H23N3S/c1-4-6-7-10(5-2)8-11(13-3)12-9-14-16-15-12/h9-11,13H,4-8H2,1-3H3. The first kappa shape index (κ1) is 13.6. The number of nitrogens with zero attached hydrogens (tertiary/aromatic N) is 2. The molecule has 2 unspecified atom stereocenters. The van der Waals surface area contributed by atoms with Crippen LogP contribution >= 0.6 is 11.7 Å². The van der Waals surface area contributed by atoms with E-state index in [0.717, 1.165) is 11.6 Å². The summed E-state index contributed by atoms with van der Waals surface area (Å²) in [4.78, 5) is 0. The molecule has 0 bridgehead atoms. The molecule has 0 aliphatic carbocycles. The Morgan fingerprint density at radius 2 is 2.25 bits per heavy atom. The molecule has 0 aliphatic rings. The van der Waals surface area contributed by atoms with Crippen LogP contribution in [0.5, 0.6) is 0 Å². The Hall–Kier alpha value is -0.480. The lowest BCUT2D eigenvalue weighted by Crippen LogP contribution is -2.20. The van der Waals surface area contributed by atoms with Crippen LogP contribution in [0.3, 0.4) is 0 Å². The Balaban J connectivity index is 2.47. The summed E-state index contributed by atoms with van der Waals surface area (Å²) < 4.78 is 8.40. The molecule has 1 rings (SSSR count). The molecule has 1 heterocycles. The summed E-state index contributed by atoms with van der Waals surface area (Å²) in [7, 11) is 2.01. The van der Waals surface area contributed by atoms with Gasteiger partial charge in [0.2, 0.25) is 0 Å². The highest BCUT2D eigenvalue weighted by Gasteiger charge is 2.17. The molecular weight excluding hydrogens is 218 g/mol. The van der Waals surface area contributed by atoms with Crippen molar-refractivity contribution in [2.75, 3.05) is 7.05 Å². The summed E-state index contributed by atoms with van der Waals surface area (Å²) in [6.45, 7) is 4.54. The van der Waals surface area contributed by atoms with E-state index in [0.29, 0.717) is 6.04 Å². The highest BCUT2D eigenvalue weighted by Crippen LogP contribution is 2.25. The van der Waals surface area contributed by atoms with Crippen molar-refractivity contribution >= 4 is 11.7 Å². The van der Waals surface area contributed by atoms with Crippen molar-refractivity contribution in [1.29, 1.82) is 0 Å². The van der Waals surface area contributed by atoms with Gasteiger partial charge >= 0.3 is 0 Å². The number of hydrogen-bond donors (Lipinski definition) is 1. The van der Waals surface area contributed by atoms with Gasteiger partial charge in [0.05, 0.1) is 29.7 Å². The van der Waals surface area contributed by atoms with Gasteiger partial charge in [-0.1, -0.05) is 39.5 Å². The fraction of sp³-hybridized carbons (Fsp3) is 0.833. The van der Waals surface area contributed by atoms with Gasteiger partial charge in [0, 0.05) is 0 Å². The smallest absolute Gasteiger partial charge is 0.0912 e. The number of unbranched alkanes of at least 4 members (excludes halogenated alkanes) is 1. The van der Waals surface area contributed by atoms with E-state index in [4.69, 9.17) is 0 Å². The average Bonchev–Trinajstić information content (AvgIpc) is 2.83. The zero-order valence-corrected chi connectivity index (χ0v) is 11.4. The second-order valence-corrected chi connectivity index (χ2v) is 4.88. The van der Waals surface area contributed by atoms with Crippen LogP contribution in [-0.4, -0.2) is 15.8 Å². The second-order valence-electron chi connectivity index (χ2n) is 4.33. The van der Waals surface area contributed by atoms with E-state index in [1.165, 1.54) is 43.8 Å². The lowest BCUT2D eigenvalue weighted by molar-refractivity contribution is 0.362. The lowest BCUT2D eigenvalue weighted by Gasteiger charge is -2.20. The van der Waals surface area contributed by atoms with Crippen LogP contribution in [0.2, 0.25) is 0 Å². The largest absolute Gasteiger partial charge is 0.312 e. The van der Waals surface area contributed by atoms with Gasteiger partial charge in [-0.25, -0.2) is 0 Å². The molecule has 16 heavy (non-hydrogen) atoms. The van der Waals surface area contributed by atoms with Crippen LogP contribution in [0.15, 0.2) is 6.20 Å². The molecule has 0 saturated carbocycles. The molecule has 92 valence electrons. The molecule has 0 saturated heterocycles. The average molecular weight is 241 g/mol. The Labute approximate surface area is 103 Å². The molecule has 2 atom stereocenters. The SMILES string of the molecule is CCCCC(CC)CC(NC)c1cnsn1. The van der Waals surface area contributed by atoms with Crippen LogP contribution in [0.1, 0.15) is 57.7 Å². The number of hydrogen-bond acceptors (Lipinski definition) is 4. The van der Waals surface area contributed by atoms with E-state index in [9.17, 15) is 0 Å². The lowest BCUT2D eigenvalue weighted by atomic mass is 9.91. The zero-order valence-electron chi connectivity index (χ0n) is 10.6. The monoisotopic (exact) mass is 241 g/mol. The summed E-state index contributed by atoms with van der Waals surface area (Å²) in [5.41, 5.74) is 1.10. The Morgan fingerprint density at radius 3 is 2.75 bits per heavy atom. The van der Waals surface area contributed by atoms with Gasteiger partial charge in [0.15, 0.2) is 0 Å². The fourth-order valence-electron chi connectivity index (χ4n) is 2.03. The summed E-state index contributed by atoms with van der Waals surface area (Å²) >= 11 is 1.30. The minimum atomic E-state index is 0.376. The topological polar surface area (TPSA) is 37.8 Å². The van der Waals surface area contributed by atoms with Crippen molar-refractivity contribution in [3.8, 4) is 0 Å². The van der Waals surface area contributed by atoms with Gasteiger partial charge in [0.25, 0.3) is 0 Å². The summed E-state index contributed by atoms with van der Waals surface area (Å²) in [5, 5.41) is 3.35. The molecule has 0 spiro atoms. The Bertz CT molecular complexity index is 261. The van der Waals surface area contributed by atoms with Gasteiger partial charge in [-0.2, -0.15) is 8.75 Å². The molecule has 4 heteroatoms. The Kier molecular flexibility index (Phi) is 6.57. The molecule has 1 aromatic heterocycles. The first-order chi connectivity index (χ1) is 7.81. The molecule has 0 radical (unpaired) electrons. The van der Waals surface area contributed by atoms with Crippen LogP contribution in [-0.2, 0) is 0 Å². The minimum absolute atomic E-state index is 0.376. The van der Waals surface area contributed by atoms with Crippen molar-refractivity contribution in [3.63, 3.8) is 0 Å². The molecule has 0 fully saturated rings. The first-order valence-electron chi connectivity index (χ1n) is 6.26. The van der Waals surface area contributed by atoms with Crippen molar-refractivity contribution in [3.05, 3.63) is 11.9 Å². The molecule has 1 aromatic rings. The van der Waals surface area contributed by atoms with Gasteiger partial charge in [-0.05, 0) is 19.4 Å². The van der Waals surface area contributed by atoms with E-state index in [1.54, 1.807) is 0 Å². The van der Waals surface area contributed by atoms with Gasteiger partial charge in [-0.3, -0.25) is 0 Å². The van der Waals surface area contributed by atoms with Crippen molar-refractivity contribution in [1.82, 2.24) is 14.1 Å². The van der Waals surface area contributed by atoms with Crippen LogP contribution < -0.4 is 5.32 Å². The predicted octanol–water partition coefficient (Wildman–Crippen LogP) is 3.41. The second kappa shape index (κ2) is 7.74. The van der Waals surface area contributed by atoms with Crippen molar-refractivity contribution in [2.24, 2.45) is 5.92 Å². The van der Waals surface area contributed by atoms with E-state index >= 15 is 0 Å². The zero-order chi connectivity index (χ0) is 11.8. The Morgan fingerprint density at radius 1 is 1.44 bits per heavy atom. The highest BCUT2D eigenvalue weighted by atomic mass is 32.1. The molecule has 3 nitrogen and oxygen atoms in total. The maximum Gasteiger partial charge on any atom is 0.0912 e. The minimum Gasteiger partial charge on any atom is -0.312 e. The molecule has 0 aliphatic heterocycles. The van der Waals surface area contributed by atoms with Crippen LogP contribution in [0.25, 0.3) is 0 Å². The van der Waals surface area contributed by atoms with Gasteiger partial charge in [-0.15, -0.1) is 0 Å². The van der Waals surface area contributed by atoms with Gasteiger partial charge in [0.1, 0.15) is 0 Å². The maximum absolute atomic E-state index is 4.32. The third kappa shape index (κ3) is 4.18. The van der Waals surface area contributed by atoms with Crippen molar-refractivity contribution in [2.45, 2.75) is 52.0 Å². The summed E-state index contributed by atoms with van der Waals surface area (Å²) in [6.07, 6.45) is 8.29. The molecular formula is C12H23N3S. The van der Waals surface area contributed by atoms with Crippen molar-refractivity contribution < 1.29 is 0 Å². The molecule has 0 amide bonds. The third-order valence-corrected chi connectivity index (χ3v) is 3.69. The molecule has 0 aromatic carbocycles. The van der Waals surface area contributed by atoms with Gasteiger partial charge < -0.3 is 5.32 Å². The van der Waals surface area contributed by atoms with E-state index in [2.05, 4.69) is 27.9 Å². The van der Waals surface area contributed by atoms with E-state index in [-0.39, 0.29) is 0 Å². The summed E-state index contributed by atoms with van der Waals surface area (Å²) in [5.74, 6) is 0.805. The van der Waals surface area contributed by atoms with E-state index in [1.807, 2.05) is 13.2 Å². The highest BCUT2D eigenvalue weighted by molar-refractivity contribution is 6.99. The predicted molar refractivity (Wildman–Crippen MR) is 69.6 cm³/mol. The number of rotatable bonds is 8. The summed E-state index contributed by atoms with van der Waals surface area (Å²) in [6, 6.07) is 0.376. The number of nitrogens with one attached hydrogen (secondary N) is 1. The molecule has 1 N–H and O–H groups in total. The quantitative estimate of drug-likeness (QED) is 0.758. The normalized spacial score (nSPS) is 14.9. The van der Waals surface area contributed by atoms with Crippen LogP contribution in [0.4, 0.5) is 0 Å². The first-order valence-corrected chi connectivity index (χ1v) is 6.99. The third-order valence-electron chi connectivity index (χ3n) is 3.20. The van der Waals surface area contributed by atoms with Crippen LogP contribution in [0, 0.1) is 5.92 Å².